The Balaban J connectivity index is 4.18. The highest BCUT2D eigenvalue weighted by atomic mass is 16.6. The van der Waals surface area contributed by atoms with Crippen LogP contribution in [0.15, 0.2) is 170 Å². The van der Waals surface area contributed by atoms with Gasteiger partial charge in [-0.25, -0.2) is 0 Å². The SMILES string of the molecule is CC/C=C\C/C=C\C/C=C\C/C=C\C/C=C\C/C=C\C/C=C\C/C=C\C/C=C\C/C=C\CCCCCCC(=O)OCC(COC(=O)CCCCCCC)OC(=O)CCCCCC/C=C\C/C=C\C/C=C\C/C=C\CC. The third-order valence-corrected chi connectivity index (χ3v) is 11.7. The maximum atomic E-state index is 12.8. The molecule has 1 unspecified atom stereocenters. The second-order valence-electron chi connectivity index (χ2n) is 18.8. The van der Waals surface area contributed by atoms with Gasteiger partial charge in [-0.05, 0) is 135 Å². The fourth-order valence-electron chi connectivity index (χ4n) is 7.34. The number of allylic oxidation sites excluding steroid dienone is 28. The van der Waals surface area contributed by atoms with E-state index in [0.717, 1.165) is 186 Å². The molecule has 0 aromatic carbocycles. The zero-order valence-electron chi connectivity index (χ0n) is 47.7. The lowest BCUT2D eigenvalue weighted by Gasteiger charge is -2.18. The van der Waals surface area contributed by atoms with Crippen molar-refractivity contribution in [1.82, 2.24) is 0 Å². The normalized spacial score (nSPS) is 13.4. The Morgan fingerprint density at radius 1 is 0.280 bits per heavy atom. The zero-order chi connectivity index (χ0) is 54.3. The van der Waals surface area contributed by atoms with Gasteiger partial charge in [-0.15, -0.1) is 0 Å². The van der Waals surface area contributed by atoms with E-state index in [1.54, 1.807) is 0 Å². The van der Waals surface area contributed by atoms with Gasteiger partial charge in [0.05, 0.1) is 0 Å². The lowest BCUT2D eigenvalue weighted by molar-refractivity contribution is -0.167. The van der Waals surface area contributed by atoms with Crippen molar-refractivity contribution in [2.45, 2.75) is 232 Å². The molecule has 0 saturated heterocycles. The van der Waals surface area contributed by atoms with Gasteiger partial charge in [0.25, 0.3) is 0 Å². The smallest absolute Gasteiger partial charge is 0.306 e. The zero-order valence-corrected chi connectivity index (χ0v) is 47.7. The average molecular weight is 1030 g/mol. The van der Waals surface area contributed by atoms with Crippen LogP contribution in [0, 0.1) is 0 Å². The molecule has 0 radical (unpaired) electrons. The van der Waals surface area contributed by atoms with Gasteiger partial charge >= 0.3 is 17.9 Å². The highest BCUT2D eigenvalue weighted by molar-refractivity contribution is 5.71. The van der Waals surface area contributed by atoms with E-state index in [1.165, 1.54) is 0 Å². The summed E-state index contributed by atoms with van der Waals surface area (Å²) in [5.41, 5.74) is 0. The predicted octanol–water partition coefficient (Wildman–Crippen LogP) is 20.3. The number of unbranched alkanes of at least 4 members (excludes halogenated alkanes) is 12. The minimum atomic E-state index is -0.806. The fourth-order valence-corrected chi connectivity index (χ4v) is 7.34. The van der Waals surface area contributed by atoms with Crippen LogP contribution in [0.2, 0.25) is 0 Å². The van der Waals surface area contributed by atoms with Crippen molar-refractivity contribution in [1.29, 1.82) is 0 Å². The van der Waals surface area contributed by atoms with Gasteiger partial charge in [-0.1, -0.05) is 242 Å². The van der Waals surface area contributed by atoms with E-state index in [4.69, 9.17) is 14.2 Å². The average Bonchev–Trinajstić information content (AvgIpc) is 3.41. The van der Waals surface area contributed by atoms with Crippen LogP contribution in [0.1, 0.15) is 226 Å². The second kappa shape index (κ2) is 61.3. The van der Waals surface area contributed by atoms with Crippen LogP contribution >= 0.6 is 0 Å². The molecule has 0 aliphatic carbocycles. The maximum Gasteiger partial charge on any atom is 0.306 e. The predicted molar refractivity (Wildman–Crippen MR) is 325 cm³/mol. The molecule has 0 spiro atoms. The first-order valence-corrected chi connectivity index (χ1v) is 29.6. The Labute approximate surface area is 460 Å². The number of hydrogen-bond donors (Lipinski definition) is 0. The molecule has 75 heavy (non-hydrogen) atoms. The van der Waals surface area contributed by atoms with Crippen LogP contribution in [0.3, 0.4) is 0 Å². The van der Waals surface area contributed by atoms with Gasteiger partial charge in [-0.3, -0.25) is 14.4 Å². The van der Waals surface area contributed by atoms with Crippen molar-refractivity contribution in [2.75, 3.05) is 13.2 Å². The van der Waals surface area contributed by atoms with E-state index in [0.29, 0.717) is 12.8 Å². The Morgan fingerprint density at radius 2 is 0.520 bits per heavy atom. The number of carbonyl (C=O) groups excluding carboxylic acids is 3. The molecule has 0 rings (SSSR count). The highest BCUT2D eigenvalue weighted by Crippen LogP contribution is 2.12. The van der Waals surface area contributed by atoms with E-state index >= 15 is 0 Å². The van der Waals surface area contributed by atoms with E-state index < -0.39 is 6.10 Å². The molecular formula is C69H106O6. The van der Waals surface area contributed by atoms with Crippen molar-refractivity contribution in [3.8, 4) is 0 Å². The fraction of sp³-hybridized carbons (Fsp3) is 0.551. The molecule has 0 amide bonds. The van der Waals surface area contributed by atoms with Gasteiger partial charge < -0.3 is 14.2 Å². The molecule has 0 aliphatic heterocycles. The van der Waals surface area contributed by atoms with Crippen LogP contribution in [-0.4, -0.2) is 37.2 Å². The van der Waals surface area contributed by atoms with Crippen molar-refractivity contribution in [3.05, 3.63) is 170 Å². The maximum absolute atomic E-state index is 12.8. The minimum Gasteiger partial charge on any atom is -0.462 e. The summed E-state index contributed by atoms with van der Waals surface area (Å²) in [6.07, 6.45) is 91.1. The van der Waals surface area contributed by atoms with Crippen molar-refractivity contribution >= 4 is 17.9 Å². The molecule has 6 heteroatoms. The van der Waals surface area contributed by atoms with Gasteiger partial charge in [-0.2, -0.15) is 0 Å². The Kier molecular flexibility index (Phi) is 57.0. The third kappa shape index (κ3) is 59.5. The summed E-state index contributed by atoms with van der Waals surface area (Å²) in [6, 6.07) is 0. The topological polar surface area (TPSA) is 78.9 Å². The van der Waals surface area contributed by atoms with E-state index in [-0.39, 0.29) is 37.5 Å². The monoisotopic (exact) mass is 1030 g/mol. The van der Waals surface area contributed by atoms with Crippen LogP contribution in [0.5, 0.6) is 0 Å². The number of carbonyl (C=O) groups is 3. The Hall–Kier alpha value is -5.23. The Bertz CT molecular complexity index is 1750. The van der Waals surface area contributed by atoms with Gasteiger partial charge in [0, 0.05) is 19.3 Å². The summed E-state index contributed by atoms with van der Waals surface area (Å²) in [5, 5.41) is 0. The van der Waals surface area contributed by atoms with Gasteiger partial charge in [0.15, 0.2) is 6.10 Å². The first kappa shape index (κ1) is 69.8. The van der Waals surface area contributed by atoms with E-state index in [9.17, 15) is 14.4 Å². The summed E-state index contributed by atoms with van der Waals surface area (Å²) < 4.78 is 16.7. The molecule has 0 N–H and O–H groups in total. The van der Waals surface area contributed by atoms with Gasteiger partial charge in [0.1, 0.15) is 13.2 Å². The standard InChI is InChI=1S/C69H106O6/c1-4-7-10-13-15-17-19-21-23-25-26-27-28-29-30-31-32-33-34-35-36-37-38-39-40-41-42-44-45-47-49-51-53-56-59-62-68(71)74-65-66(64-73-67(70)61-58-55-12-9-6-3)75-69(72)63-60-57-54-52-50-48-46-43-24-22-20-18-16-14-11-8-5-2/h7-8,10-11,15-18,21-24,26-27,29-30,32-33,35-36,38-39,41-42,45-48,66H,4-6,9,12-14,19-20,25,28,31,34,37,40,43-44,49-65H2,1-3H3/b10-7-,11-8-,17-15-,18-16-,23-21-,24-22-,27-26-,30-29-,33-32-,36-35-,39-38-,42-41-,47-45-,48-46-. The molecule has 0 aliphatic rings. The molecule has 0 aromatic heterocycles. The van der Waals surface area contributed by atoms with E-state index in [2.05, 4.69) is 191 Å². The molecule has 0 aromatic rings. The quantitative estimate of drug-likeness (QED) is 0.0261. The summed E-state index contributed by atoms with van der Waals surface area (Å²) in [6.45, 7) is 6.26. The van der Waals surface area contributed by atoms with Gasteiger partial charge in [0.2, 0.25) is 0 Å². The number of rotatable bonds is 51. The molecule has 0 heterocycles. The molecule has 6 nitrogen and oxygen atoms in total. The lowest BCUT2D eigenvalue weighted by atomic mass is 10.1. The lowest BCUT2D eigenvalue weighted by Crippen LogP contribution is -2.30. The number of ether oxygens (including phenoxy) is 3. The largest absolute Gasteiger partial charge is 0.462 e. The first-order chi connectivity index (χ1) is 37.0. The van der Waals surface area contributed by atoms with E-state index in [1.807, 2.05) is 0 Å². The minimum absolute atomic E-state index is 0.104. The summed E-state index contributed by atoms with van der Waals surface area (Å²) >= 11 is 0. The summed E-state index contributed by atoms with van der Waals surface area (Å²) in [4.78, 5) is 37.8. The molecule has 418 valence electrons. The molecule has 0 fully saturated rings. The Morgan fingerprint density at radius 3 is 0.800 bits per heavy atom. The summed E-state index contributed by atoms with van der Waals surface area (Å²) in [5.74, 6) is -0.980. The van der Waals surface area contributed by atoms with Crippen LogP contribution in [-0.2, 0) is 28.6 Å². The van der Waals surface area contributed by atoms with Crippen LogP contribution < -0.4 is 0 Å². The summed E-state index contributed by atoms with van der Waals surface area (Å²) in [7, 11) is 0. The van der Waals surface area contributed by atoms with Crippen LogP contribution in [0.25, 0.3) is 0 Å². The van der Waals surface area contributed by atoms with Crippen LogP contribution in [0.4, 0.5) is 0 Å². The first-order valence-electron chi connectivity index (χ1n) is 29.6. The molecule has 0 saturated carbocycles. The molecule has 1 atom stereocenters. The number of esters is 3. The van der Waals surface area contributed by atoms with Crippen molar-refractivity contribution in [3.63, 3.8) is 0 Å². The van der Waals surface area contributed by atoms with Crippen molar-refractivity contribution in [2.24, 2.45) is 0 Å². The second-order valence-corrected chi connectivity index (χ2v) is 18.8. The van der Waals surface area contributed by atoms with Crippen molar-refractivity contribution < 1.29 is 28.6 Å². The highest BCUT2D eigenvalue weighted by Gasteiger charge is 2.19. The molecule has 0 bridgehead atoms. The third-order valence-electron chi connectivity index (χ3n) is 11.7. The molecular weight excluding hydrogens is 925 g/mol. The number of hydrogen-bond acceptors (Lipinski definition) is 6.